The Morgan fingerprint density at radius 3 is 2.32 bits per heavy atom. The van der Waals surface area contributed by atoms with Crippen LogP contribution < -0.4 is 16.1 Å². The Morgan fingerprint density at radius 2 is 1.75 bits per heavy atom. The molecule has 1 amide bonds. The van der Waals surface area contributed by atoms with Crippen LogP contribution in [0.1, 0.15) is 40.7 Å². The molecule has 0 spiro atoms. The van der Waals surface area contributed by atoms with Crippen molar-refractivity contribution in [3.8, 4) is 0 Å². The molecule has 0 unspecified atom stereocenters. The number of ether oxygens (including phenoxy) is 1. The number of fused-ring (bicyclic) bond motifs is 1. The van der Waals surface area contributed by atoms with E-state index in [1.54, 1.807) is 11.0 Å². The lowest BCUT2D eigenvalue weighted by atomic mass is 10.2. The second-order valence-corrected chi connectivity index (χ2v) is 8.38. The van der Waals surface area contributed by atoms with Gasteiger partial charge in [0.15, 0.2) is 0 Å². The summed E-state index contributed by atoms with van der Waals surface area (Å²) in [5, 5.41) is 0.486. The van der Waals surface area contributed by atoms with E-state index in [2.05, 4.69) is 9.88 Å². The highest BCUT2D eigenvalue weighted by Gasteiger charge is 2.26. The van der Waals surface area contributed by atoms with Crippen molar-refractivity contribution in [2.75, 3.05) is 31.1 Å². The molecule has 1 aromatic heterocycles. The predicted octanol–water partition coefficient (Wildman–Crippen LogP) is 2.33. The number of anilines is 1. The van der Waals surface area contributed by atoms with Crippen molar-refractivity contribution in [2.45, 2.75) is 46.3 Å². The first-order valence-electron chi connectivity index (χ1n) is 9.58. The molecule has 0 saturated carbocycles. The zero-order valence-corrected chi connectivity index (χ0v) is 17.1. The second kappa shape index (κ2) is 7.33. The summed E-state index contributed by atoms with van der Waals surface area (Å²) < 4.78 is 6.66. The fraction of sp³-hybridized carbons (Fsp3) is 0.550. The number of carbonyl (C=O) groups is 1. The Morgan fingerprint density at radius 1 is 1.11 bits per heavy atom. The smallest absolute Gasteiger partial charge is 0.410 e. The van der Waals surface area contributed by atoms with Crippen molar-refractivity contribution in [3.05, 3.63) is 39.0 Å². The van der Waals surface area contributed by atoms with Gasteiger partial charge in [-0.2, -0.15) is 0 Å². The van der Waals surface area contributed by atoms with Crippen molar-refractivity contribution >= 4 is 22.7 Å². The van der Waals surface area contributed by atoms with Gasteiger partial charge in [0.2, 0.25) is 0 Å². The third-order valence-electron chi connectivity index (χ3n) is 4.73. The first kappa shape index (κ1) is 20.0. The Bertz CT molecular complexity index is 992. The van der Waals surface area contributed by atoms with E-state index in [4.69, 9.17) is 4.74 Å². The number of amides is 1. The van der Waals surface area contributed by atoms with Gasteiger partial charge >= 0.3 is 11.8 Å². The number of rotatable bonds is 2. The summed E-state index contributed by atoms with van der Waals surface area (Å²) in [5.41, 5.74) is 0.229. The van der Waals surface area contributed by atoms with E-state index >= 15 is 0 Å². The number of carbonyl (C=O) groups excluding carboxylic acids is 1. The number of aromatic nitrogens is 2. The molecule has 1 aliphatic rings. The summed E-state index contributed by atoms with van der Waals surface area (Å²) in [7, 11) is 0. The van der Waals surface area contributed by atoms with Crippen LogP contribution in [0.4, 0.5) is 10.5 Å². The molecule has 0 atom stereocenters. The van der Waals surface area contributed by atoms with Gasteiger partial charge in [-0.3, -0.25) is 9.36 Å². The Hall–Kier alpha value is -2.77. The summed E-state index contributed by atoms with van der Waals surface area (Å²) in [6.07, 6.45) is -0.303. The molecule has 8 heteroatoms. The summed E-state index contributed by atoms with van der Waals surface area (Å²) >= 11 is 0. The Kier molecular flexibility index (Phi) is 5.23. The summed E-state index contributed by atoms with van der Waals surface area (Å²) in [4.78, 5) is 43.7. The van der Waals surface area contributed by atoms with Crippen molar-refractivity contribution < 1.29 is 9.53 Å². The molecule has 28 heavy (non-hydrogen) atoms. The van der Waals surface area contributed by atoms with Gasteiger partial charge in [0.1, 0.15) is 5.60 Å². The largest absolute Gasteiger partial charge is 0.444 e. The number of nitrogens with one attached hydrogen (secondary N) is 1. The molecule has 3 rings (SSSR count). The number of piperazine rings is 1. The van der Waals surface area contributed by atoms with E-state index in [1.165, 1.54) is 4.57 Å². The first-order valence-corrected chi connectivity index (χ1v) is 9.58. The van der Waals surface area contributed by atoms with Crippen LogP contribution in [-0.2, 0) is 4.74 Å². The van der Waals surface area contributed by atoms with Crippen molar-refractivity contribution in [1.82, 2.24) is 14.5 Å². The van der Waals surface area contributed by atoms with Crippen LogP contribution in [-0.4, -0.2) is 52.3 Å². The van der Waals surface area contributed by atoms with Gasteiger partial charge in [-0.15, -0.1) is 0 Å². The van der Waals surface area contributed by atoms with Crippen molar-refractivity contribution in [2.24, 2.45) is 0 Å². The molecule has 2 aromatic rings. The number of hydrogen-bond acceptors (Lipinski definition) is 5. The molecule has 8 nitrogen and oxygen atoms in total. The first-order chi connectivity index (χ1) is 13.1. The highest BCUT2D eigenvalue weighted by Crippen LogP contribution is 2.21. The summed E-state index contributed by atoms with van der Waals surface area (Å²) in [6.45, 7) is 11.6. The van der Waals surface area contributed by atoms with Crippen LogP contribution >= 0.6 is 0 Å². The maximum atomic E-state index is 12.8. The van der Waals surface area contributed by atoms with Gasteiger partial charge in [-0.05, 0) is 52.8 Å². The average molecular weight is 388 g/mol. The third kappa shape index (κ3) is 4.05. The summed E-state index contributed by atoms with van der Waals surface area (Å²) in [6, 6.07) is 5.25. The number of aromatic amines is 1. The number of hydrogen-bond donors (Lipinski definition) is 1. The quantitative estimate of drug-likeness (QED) is 0.853. The zero-order chi connectivity index (χ0) is 20.6. The molecule has 1 aromatic carbocycles. The highest BCUT2D eigenvalue weighted by molar-refractivity contribution is 5.81. The predicted molar refractivity (Wildman–Crippen MR) is 109 cm³/mol. The van der Waals surface area contributed by atoms with Crippen LogP contribution in [0.25, 0.3) is 10.9 Å². The molecule has 2 heterocycles. The fourth-order valence-electron chi connectivity index (χ4n) is 3.36. The van der Waals surface area contributed by atoms with Crippen LogP contribution in [0.5, 0.6) is 0 Å². The van der Waals surface area contributed by atoms with Crippen molar-refractivity contribution in [3.63, 3.8) is 0 Å². The maximum absolute atomic E-state index is 12.8. The van der Waals surface area contributed by atoms with Gasteiger partial charge in [0, 0.05) is 37.9 Å². The standard InChI is InChI=1S/C20H28N4O4/c1-13(2)24-17(25)15-12-14(6-7-16(15)21-18(24)26)22-8-10-23(11-9-22)19(27)28-20(3,4)5/h6-7,12-13H,8-11H2,1-5H3,(H,21,26). The summed E-state index contributed by atoms with van der Waals surface area (Å²) in [5.74, 6) is 0. The van der Waals surface area contributed by atoms with Crippen LogP contribution in [0.3, 0.4) is 0 Å². The lowest BCUT2D eigenvalue weighted by molar-refractivity contribution is 0.0240. The van der Waals surface area contributed by atoms with E-state index in [0.717, 1.165) is 5.69 Å². The molecule has 1 aliphatic heterocycles. The topological polar surface area (TPSA) is 87.6 Å². The Balaban J connectivity index is 1.81. The van der Waals surface area contributed by atoms with Gasteiger partial charge < -0.3 is 19.5 Å². The van der Waals surface area contributed by atoms with E-state index in [0.29, 0.717) is 37.1 Å². The third-order valence-corrected chi connectivity index (χ3v) is 4.73. The molecular formula is C20H28N4O4. The number of benzene rings is 1. The van der Waals surface area contributed by atoms with Gasteiger partial charge in [-0.25, -0.2) is 9.59 Å². The van der Waals surface area contributed by atoms with Crippen LogP contribution in [0.15, 0.2) is 27.8 Å². The zero-order valence-electron chi connectivity index (χ0n) is 17.1. The van der Waals surface area contributed by atoms with E-state index in [1.807, 2.05) is 46.8 Å². The van der Waals surface area contributed by atoms with E-state index < -0.39 is 11.3 Å². The molecule has 1 fully saturated rings. The second-order valence-electron chi connectivity index (χ2n) is 8.38. The maximum Gasteiger partial charge on any atom is 0.410 e. The molecule has 0 aliphatic carbocycles. The number of H-pyrrole nitrogens is 1. The lowest BCUT2D eigenvalue weighted by Gasteiger charge is -2.36. The normalized spacial score (nSPS) is 15.4. The monoisotopic (exact) mass is 388 g/mol. The lowest BCUT2D eigenvalue weighted by Crippen LogP contribution is -2.50. The minimum absolute atomic E-state index is 0.221. The molecule has 0 bridgehead atoms. The number of nitrogens with zero attached hydrogens (tertiary/aromatic N) is 3. The van der Waals surface area contributed by atoms with Crippen LogP contribution in [0.2, 0.25) is 0 Å². The highest BCUT2D eigenvalue weighted by atomic mass is 16.6. The van der Waals surface area contributed by atoms with Crippen molar-refractivity contribution in [1.29, 1.82) is 0 Å². The SMILES string of the molecule is CC(C)n1c(=O)[nH]c2ccc(N3CCN(C(=O)OC(C)(C)C)CC3)cc2c1=O. The molecular weight excluding hydrogens is 360 g/mol. The van der Waals surface area contributed by atoms with E-state index in [-0.39, 0.29) is 17.7 Å². The fourth-order valence-corrected chi connectivity index (χ4v) is 3.36. The Labute approximate surface area is 163 Å². The van der Waals surface area contributed by atoms with Gasteiger partial charge in [0.25, 0.3) is 5.56 Å². The molecule has 0 radical (unpaired) electrons. The van der Waals surface area contributed by atoms with Gasteiger partial charge in [-0.1, -0.05) is 0 Å². The molecule has 1 N–H and O–H groups in total. The van der Waals surface area contributed by atoms with Gasteiger partial charge in [0.05, 0.1) is 10.9 Å². The minimum atomic E-state index is -0.514. The molecule has 1 saturated heterocycles. The van der Waals surface area contributed by atoms with Crippen LogP contribution in [0, 0.1) is 0 Å². The van der Waals surface area contributed by atoms with E-state index in [9.17, 15) is 14.4 Å². The minimum Gasteiger partial charge on any atom is -0.444 e. The molecule has 152 valence electrons. The average Bonchev–Trinajstić information content (AvgIpc) is 2.60.